The van der Waals surface area contributed by atoms with E-state index in [1.165, 1.54) is 51.4 Å². The van der Waals surface area contributed by atoms with Gasteiger partial charge >= 0.3 is 0 Å². The highest BCUT2D eigenvalue weighted by Gasteiger charge is 2.42. The molecule has 0 amide bonds. The molecule has 4 aliphatic carbocycles. The fraction of sp³-hybridized carbons (Fsp3) is 0.700. The van der Waals surface area contributed by atoms with E-state index in [-0.39, 0.29) is 0 Å². The molecule has 0 heterocycles. The van der Waals surface area contributed by atoms with E-state index in [0.717, 1.165) is 35.2 Å². The first-order chi connectivity index (χ1) is 10.8. The topological polar surface area (TPSA) is 18.5 Å². The zero-order valence-corrected chi connectivity index (χ0v) is 13.2. The number of rotatable bonds is 4. The van der Waals surface area contributed by atoms with E-state index >= 15 is 0 Å². The number of fused-ring (bicyclic) bond motifs is 4. The van der Waals surface area contributed by atoms with Gasteiger partial charge in [0.2, 0.25) is 0 Å². The second-order valence-electron chi connectivity index (χ2n) is 8.14. The van der Waals surface area contributed by atoms with Crippen LogP contribution in [0.3, 0.4) is 0 Å². The van der Waals surface area contributed by atoms with Crippen LogP contribution < -0.4 is 9.47 Å². The minimum Gasteiger partial charge on any atom is -0.490 e. The van der Waals surface area contributed by atoms with Gasteiger partial charge in [0.1, 0.15) is 23.7 Å². The molecule has 6 unspecified atom stereocenters. The molecule has 4 bridgehead atoms. The van der Waals surface area contributed by atoms with E-state index in [9.17, 15) is 0 Å². The van der Waals surface area contributed by atoms with Crippen LogP contribution in [0.4, 0.5) is 0 Å². The quantitative estimate of drug-likeness (QED) is 0.793. The van der Waals surface area contributed by atoms with Gasteiger partial charge in [-0.15, -0.1) is 0 Å². The van der Waals surface area contributed by atoms with Crippen molar-refractivity contribution in [3.8, 4) is 11.5 Å². The van der Waals surface area contributed by atoms with Crippen molar-refractivity contribution in [2.45, 2.75) is 63.6 Å². The normalized spacial score (nSPS) is 42.0. The van der Waals surface area contributed by atoms with Crippen molar-refractivity contribution in [2.24, 2.45) is 23.7 Å². The van der Waals surface area contributed by atoms with Gasteiger partial charge in [0.05, 0.1) is 0 Å². The summed E-state index contributed by atoms with van der Waals surface area (Å²) in [5.74, 6) is 5.50. The molecule has 4 aliphatic rings. The first-order valence-electron chi connectivity index (χ1n) is 9.27. The van der Waals surface area contributed by atoms with E-state index in [4.69, 9.17) is 9.47 Å². The lowest BCUT2D eigenvalue weighted by Crippen LogP contribution is -2.24. The maximum absolute atomic E-state index is 6.30. The molecule has 0 aliphatic heterocycles. The van der Waals surface area contributed by atoms with Crippen molar-refractivity contribution in [1.82, 2.24) is 0 Å². The fourth-order valence-electron chi connectivity index (χ4n) is 5.63. The highest BCUT2D eigenvalue weighted by atomic mass is 16.5. The van der Waals surface area contributed by atoms with Gasteiger partial charge in [0.25, 0.3) is 0 Å². The maximum Gasteiger partial charge on any atom is 0.123 e. The molecule has 1 aromatic rings. The van der Waals surface area contributed by atoms with Gasteiger partial charge in [0.15, 0.2) is 0 Å². The van der Waals surface area contributed by atoms with Gasteiger partial charge in [-0.3, -0.25) is 0 Å². The van der Waals surface area contributed by atoms with Gasteiger partial charge in [-0.25, -0.2) is 0 Å². The molecule has 4 fully saturated rings. The summed E-state index contributed by atoms with van der Waals surface area (Å²) in [4.78, 5) is 0. The van der Waals surface area contributed by atoms with Crippen molar-refractivity contribution in [3.63, 3.8) is 0 Å². The Labute approximate surface area is 133 Å². The van der Waals surface area contributed by atoms with Crippen LogP contribution in [0.2, 0.25) is 0 Å². The van der Waals surface area contributed by atoms with Gasteiger partial charge in [-0.2, -0.15) is 0 Å². The second-order valence-corrected chi connectivity index (χ2v) is 8.14. The molecular weight excluding hydrogens is 272 g/mol. The third kappa shape index (κ3) is 2.31. The molecule has 22 heavy (non-hydrogen) atoms. The molecule has 118 valence electrons. The predicted octanol–water partition coefficient (Wildman–Crippen LogP) is 4.82. The van der Waals surface area contributed by atoms with Crippen molar-refractivity contribution < 1.29 is 9.47 Å². The van der Waals surface area contributed by atoms with E-state index in [1.54, 1.807) is 0 Å². The summed E-state index contributed by atoms with van der Waals surface area (Å²) in [6.45, 7) is 0. The molecule has 1 aromatic carbocycles. The highest BCUT2D eigenvalue weighted by molar-refractivity contribution is 5.33. The third-order valence-electron chi connectivity index (χ3n) is 6.73. The Balaban J connectivity index is 1.25. The van der Waals surface area contributed by atoms with Gasteiger partial charge in [0, 0.05) is 6.07 Å². The Morgan fingerprint density at radius 2 is 1.23 bits per heavy atom. The van der Waals surface area contributed by atoms with Gasteiger partial charge in [-0.05, 0) is 87.2 Å². The van der Waals surface area contributed by atoms with Crippen LogP contribution in [-0.2, 0) is 0 Å². The van der Waals surface area contributed by atoms with Crippen molar-refractivity contribution in [3.05, 3.63) is 24.3 Å². The van der Waals surface area contributed by atoms with Crippen molar-refractivity contribution in [1.29, 1.82) is 0 Å². The van der Waals surface area contributed by atoms with Crippen LogP contribution in [0.5, 0.6) is 11.5 Å². The second kappa shape index (κ2) is 5.18. The first kappa shape index (κ1) is 13.3. The number of hydrogen-bond acceptors (Lipinski definition) is 2. The fourth-order valence-corrected chi connectivity index (χ4v) is 5.63. The molecule has 0 saturated heterocycles. The Hall–Kier alpha value is -1.18. The summed E-state index contributed by atoms with van der Waals surface area (Å²) < 4.78 is 12.6. The predicted molar refractivity (Wildman–Crippen MR) is 86.2 cm³/mol. The number of hydrogen-bond donors (Lipinski definition) is 0. The highest BCUT2D eigenvalue weighted by Crippen LogP contribution is 2.47. The number of ether oxygens (including phenoxy) is 2. The van der Waals surface area contributed by atoms with Crippen molar-refractivity contribution >= 4 is 0 Å². The average molecular weight is 298 g/mol. The van der Waals surface area contributed by atoms with Gasteiger partial charge < -0.3 is 9.47 Å². The molecule has 6 atom stereocenters. The van der Waals surface area contributed by atoms with Crippen LogP contribution >= 0.6 is 0 Å². The molecule has 5 rings (SSSR count). The van der Waals surface area contributed by atoms with Crippen LogP contribution in [0.1, 0.15) is 51.4 Å². The molecule has 4 saturated carbocycles. The zero-order valence-electron chi connectivity index (χ0n) is 13.2. The summed E-state index contributed by atoms with van der Waals surface area (Å²) in [7, 11) is 0. The summed E-state index contributed by atoms with van der Waals surface area (Å²) in [5, 5.41) is 0. The SMILES string of the molecule is c1cc(OC2CC3CCC2C3)cc(OC2CC3CCC2C3)c1. The Morgan fingerprint density at radius 3 is 1.64 bits per heavy atom. The molecule has 0 N–H and O–H groups in total. The minimum atomic E-state index is 0.455. The summed E-state index contributed by atoms with van der Waals surface area (Å²) >= 11 is 0. The molecule has 0 radical (unpaired) electrons. The molecular formula is C20H26O2. The lowest BCUT2D eigenvalue weighted by Gasteiger charge is -2.25. The Bertz CT molecular complexity index is 509. The van der Waals surface area contributed by atoms with E-state index < -0.39 is 0 Å². The molecule has 2 heteroatoms. The minimum absolute atomic E-state index is 0.455. The van der Waals surface area contributed by atoms with Gasteiger partial charge in [-0.1, -0.05) is 6.07 Å². The van der Waals surface area contributed by atoms with E-state index in [1.807, 2.05) is 0 Å². The molecule has 0 spiro atoms. The Kier molecular flexibility index (Phi) is 3.12. The van der Waals surface area contributed by atoms with Crippen LogP contribution in [0, 0.1) is 23.7 Å². The van der Waals surface area contributed by atoms with Crippen LogP contribution in [0.15, 0.2) is 24.3 Å². The standard InChI is InChI=1S/C20H26O2/c1-2-17(21-19-10-13-4-6-15(19)8-13)12-18(3-1)22-20-11-14-5-7-16(20)9-14/h1-3,12-16,19-20H,4-11H2. The lowest BCUT2D eigenvalue weighted by molar-refractivity contribution is 0.129. The smallest absolute Gasteiger partial charge is 0.123 e. The van der Waals surface area contributed by atoms with E-state index in [2.05, 4.69) is 24.3 Å². The third-order valence-corrected chi connectivity index (χ3v) is 6.73. The van der Waals surface area contributed by atoms with Crippen molar-refractivity contribution in [2.75, 3.05) is 0 Å². The Morgan fingerprint density at radius 1 is 0.682 bits per heavy atom. The summed E-state index contributed by atoms with van der Waals surface area (Å²) in [5.41, 5.74) is 0. The van der Waals surface area contributed by atoms with Crippen LogP contribution in [-0.4, -0.2) is 12.2 Å². The van der Waals surface area contributed by atoms with E-state index in [0.29, 0.717) is 12.2 Å². The average Bonchev–Trinajstić information content (AvgIpc) is 3.28. The largest absolute Gasteiger partial charge is 0.490 e. The number of benzene rings is 1. The zero-order chi connectivity index (χ0) is 14.5. The molecule has 2 nitrogen and oxygen atoms in total. The summed E-state index contributed by atoms with van der Waals surface area (Å²) in [6.07, 6.45) is 11.8. The molecule has 0 aromatic heterocycles. The monoisotopic (exact) mass is 298 g/mol. The lowest BCUT2D eigenvalue weighted by atomic mass is 9.97. The maximum atomic E-state index is 6.30. The summed E-state index contributed by atoms with van der Waals surface area (Å²) in [6, 6.07) is 8.41. The first-order valence-corrected chi connectivity index (χ1v) is 9.27. The van der Waals surface area contributed by atoms with Crippen LogP contribution in [0.25, 0.3) is 0 Å².